The van der Waals surface area contributed by atoms with Crippen LogP contribution >= 0.6 is 22.9 Å². The molecule has 0 saturated heterocycles. The molecule has 1 aromatic heterocycles. The van der Waals surface area contributed by atoms with Gasteiger partial charge < -0.3 is 0 Å². The van der Waals surface area contributed by atoms with E-state index >= 15 is 0 Å². The number of hydrogen-bond acceptors (Lipinski definition) is 4. The van der Waals surface area contributed by atoms with Crippen LogP contribution in [0.4, 0.5) is 0 Å². The molecular formula is C9H11ClN2O2S2. The van der Waals surface area contributed by atoms with E-state index in [1.165, 1.54) is 0 Å². The Kier molecular flexibility index (Phi) is 4.74. The summed E-state index contributed by atoms with van der Waals surface area (Å²) in [5, 5.41) is 0. The molecule has 7 heteroatoms. The van der Waals surface area contributed by atoms with Gasteiger partial charge in [-0.2, -0.15) is 0 Å². The van der Waals surface area contributed by atoms with Crippen molar-refractivity contribution in [3.05, 3.63) is 10.2 Å². The molecule has 1 heterocycles. The molecule has 0 aliphatic rings. The number of hydrogen-bond donors (Lipinski definition) is 1. The first kappa shape index (κ1) is 13.5. The first-order valence-electron chi connectivity index (χ1n) is 4.53. The lowest BCUT2D eigenvalue weighted by atomic mass is 10.3. The summed E-state index contributed by atoms with van der Waals surface area (Å²) in [5.74, 6) is 2.44. The van der Waals surface area contributed by atoms with Gasteiger partial charge in [-0.15, -0.1) is 12.3 Å². The lowest BCUT2D eigenvalue weighted by Crippen LogP contribution is -2.24. The van der Waals surface area contributed by atoms with Crippen molar-refractivity contribution in [3.63, 3.8) is 0 Å². The van der Waals surface area contributed by atoms with Gasteiger partial charge in [-0.1, -0.05) is 22.9 Å². The Morgan fingerprint density at radius 2 is 2.31 bits per heavy atom. The van der Waals surface area contributed by atoms with Crippen LogP contribution < -0.4 is 4.72 Å². The fraction of sp³-hybridized carbons (Fsp3) is 0.444. The van der Waals surface area contributed by atoms with E-state index in [0.29, 0.717) is 25.1 Å². The van der Waals surface area contributed by atoms with Crippen molar-refractivity contribution in [1.29, 1.82) is 0 Å². The highest BCUT2D eigenvalue weighted by molar-refractivity contribution is 7.91. The number of thiazole rings is 1. The molecule has 16 heavy (non-hydrogen) atoms. The van der Waals surface area contributed by atoms with E-state index in [1.807, 2.05) is 0 Å². The van der Waals surface area contributed by atoms with Crippen molar-refractivity contribution >= 4 is 33.0 Å². The number of unbranched alkanes of at least 4 members (excludes halogenated alkanes) is 1. The third-order valence-corrected chi connectivity index (χ3v) is 5.09. The van der Waals surface area contributed by atoms with E-state index in [0.717, 1.165) is 11.3 Å². The largest absolute Gasteiger partial charge is 0.251 e. The van der Waals surface area contributed by atoms with Gasteiger partial charge in [0.15, 0.2) is 8.68 Å². The molecule has 1 rings (SSSR count). The molecule has 0 atom stereocenters. The number of nitrogens with zero attached hydrogens (tertiary/aromatic N) is 1. The van der Waals surface area contributed by atoms with Gasteiger partial charge in [0.05, 0.1) is 5.69 Å². The summed E-state index contributed by atoms with van der Waals surface area (Å²) >= 11 is 6.59. The second kappa shape index (κ2) is 5.64. The predicted molar refractivity (Wildman–Crippen MR) is 65.1 cm³/mol. The fourth-order valence-corrected chi connectivity index (χ4v) is 3.92. The van der Waals surface area contributed by atoms with E-state index in [-0.39, 0.29) is 8.68 Å². The Hall–Kier alpha value is -0.610. The number of rotatable bonds is 5. The smallest absolute Gasteiger partial charge is 0.229 e. The van der Waals surface area contributed by atoms with Gasteiger partial charge >= 0.3 is 0 Å². The maximum atomic E-state index is 11.8. The molecule has 88 valence electrons. The minimum absolute atomic E-state index is 0.165. The summed E-state index contributed by atoms with van der Waals surface area (Å²) in [4.78, 5) is 3.85. The Morgan fingerprint density at radius 1 is 1.62 bits per heavy atom. The number of halogens is 1. The number of sulfonamides is 1. The number of terminal acetylenes is 1. The molecule has 4 nitrogen and oxygen atoms in total. The van der Waals surface area contributed by atoms with Crippen molar-refractivity contribution in [2.45, 2.75) is 24.0 Å². The van der Waals surface area contributed by atoms with Crippen LogP contribution in [0.25, 0.3) is 0 Å². The average Bonchev–Trinajstić information content (AvgIpc) is 2.53. The zero-order valence-corrected chi connectivity index (χ0v) is 11.0. The second-order valence-corrected chi connectivity index (χ2v) is 6.59. The zero-order valence-electron chi connectivity index (χ0n) is 8.66. The van der Waals surface area contributed by atoms with Crippen molar-refractivity contribution in [2.75, 3.05) is 6.54 Å². The standard InChI is InChI=1S/C9H11ClN2O2S2/c1-3-4-5-6-11-16(13,14)8-7(2)12-9(10)15-8/h1,11H,4-6H2,2H3. The number of nitrogens with one attached hydrogen (secondary N) is 1. The maximum Gasteiger partial charge on any atom is 0.251 e. The molecule has 0 fully saturated rings. The summed E-state index contributed by atoms with van der Waals surface area (Å²) in [6.45, 7) is 1.93. The van der Waals surface area contributed by atoms with Gasteiger partial charge in [0, 0.05) is 13.0 Å². The molecule has 0 radical (unpaired) electrons. The van der Waals surface area contributed by atoms with Crippen LogP contribution in [-0.4, -0.2) is 19.9 Å². The van der Waals surface area contributed by atoms with Gasteiger partial charge in [-0.25, -0.2) is 18.1 Å². The third-order valence-electron chi connectivity index (χ3n) is 1.76. The van der Waals surface area contributed by atoms with Gasteiger partial charge in [0.1, 0.15) is 0 Å². The summed E-state index contributed by atoms with van der Waals surface area (Å²) in [7, 11) is -3.50. The van der Waals surface area contributed by atoms with Crippen LogP contribution in [0.3, 0.4) is 0 Å². The Bertz CT molecular complexity index is 502. The van der Waals surface area contributed by atoms with Crippen LogP contribution in [0, 0.1) is 19.3 Å². The summed E-state index contributed by atoms with van der Waals surface area (Å²) in [6, 6.07) is 0. The Morgan fingerprint density at radius 3 is 2.81 bits per heavy atom. The monoisotopic (exact) mass is 278 g/mol. The van der Waals surface area contributed by atoms with Crippen LogP contribution in [0.5, 0.6) is 0 Å². The Balaban J connectivity index is 2.72. The third kappa shape index (κ3) is 3.46. The molecule has 0 aliphatic carbocycles. The highest BCUT2D eigenvalue weighted by atomic mass is 35.5. The van der Waals surface area contributed by atoms with E-state index in [1.54, 1.807) is 6.92 Å². The first-order chi connectivity index (χ1) is 7.47. The van der Waals surface area contributed by atoms with E-state index in [2.05, 4.69) is 15.6 Å². The van der Waals surface area contributed by atoms with E-state index in [4.69, 9.17) is 18.0 Å². The molecule has 0 unspecified atom stereocenters. The topological polar surface area (TPSA) is 59.1 Å². The molecule has 1 aromatic rings. The molecule has 0 amide bonds. The van der Waals surface area contributed by atoms with Crippen molar-refractivity contribution in [3.8, 4) is 12.3 Å². The SMILES string of the molecule is C#CCCCNS(=O)(=O)c1sc(Cl)nc1C. The molecular weight excluding hydrogens is 268 g/mol. The fourth-order valence-electron chi connectivity index (χ4n) is 1.06. The Labute approximate surface area is 104 Å². The van der Waals surface area contributed by atoms with Gasteiger partial charge in [0.25, 0.3) is 10.0 Å². The highest BCUT2D eigenvalue weighted by Crippen LogP contribution is 2.26. The summed E-state index contributed by atoms with van der Waals surface area (Å²) in [6.07, 6.45) is 6.22. The maximum absolute atomic E-state index is 11.8. The van der Waals surface area contributed by atoms with Gasteiger partial charge in [-0.3, -0.25) is 0 Å². The highest BCUT2D eigenvalue weighted by Gasteiger charge is 2.20. The van der Waals surface area contributed by atoms with Crippen LogP contribution in [0.2, 0.25) is 4.47 Å². The molecule has 0 spiro atoms. The summed E-state index contributed by atoms with van der Waals surface area (Å²) in [5.41, 5.74) is 0.416. The second-order valence-electron chi connectivity index (χ2n) is 3.05. The van der Waals surface area contributed by atoms with Crippen LogP contribution in [-0.2, 0) is 10.0 Å². The molecule has 0 aliphatic heterocycles. The number of aromatic nitrogens is 1. The predicted octanol–water partition coefficient (Wildman–Crippen LogP) is 1.80. The minimum Gasteiger partial charge on any atom is -0.229 e. The van der Waals surface area contributed by atoms with E-state index < -0.39 is 10.0 Å². The average molecular weight is 279 g/mol. The molecule has 1 N–H and O–H groups in total. The van der Waals surface area contributed by atoms with Crippen LogP contribution in [0.1, 0.15) is 18.5 Å². The van der Waals surface area contributed by atoms with Crippen LogP contribution in [0.15, 0.2) is 4.21 Å². The minimum atomic E-state index is -3.50. The normalized spacial score (nSPS) is 11.3. The molecule has 0 aromatic carbocycles. The summed E-state index contributed by atoms with van der Waals surface area (Å²) < 4.78 is 26.4. The molecule has 0 bridgehead atoms. The quantitative estimate of drug-likeness (QED) is 0.660. The lowest BCUT2D eigenvalue weighted by molar-refractivity contribution is 0.581. The molecule has 0 saturated carbocycles. The first-order valence-corrected chi connectivity index (χ1v) is 7.21. The zero-order chi connectivity index (χ0) is 12.2. The van der Waals surface area contributed by atoms with Crippen molar-refractivity contribution in [2.24, 2.45) is 0 Å². The van der Waals surface area contributed by atoms with Gasteiger partial charge in [-0.05, 0) is 13.3 Å². The number of aryl methyl sites for hydroxylation is 1. The lowest BCUT2D eigenvalue weighted by Gasteiger charge is -2.03. The van der Waals surface area contributed by atoms with Crippen molar-refractivity contribution in [1.82, 2.24) is 9.71 Å². The van der Waals surface area contributed by atoms with Crippen molar-refractivity contribution < 1.29 is 8.42 Å². The van der Waals surface area contributed by atoms with Gasteiger partial charge in [0.2, 0.25) is 0 Å². The van der Waals surface area contributed by atoms with E-state index in [9.17, 15) is 8.42 Å².